The molecule has 0 bridgehead atoms. The van der Waals surface area contributed by atoms with Crippen molar-refractivity contribution in [2.24, 2.45) is 0 Å². The van der Waals surface area contributed by atoms with Crippen molar-refractivity contribution in [2.75, 3.05) is 5.73 Å². The van der Waals surface area contributed by atoms with Gasteiger partial charge in [0.25, 0.3) is 0 Å². The summed E-state index contributed by atoms with van der Waals surface area (Å²) in [6.07, 6.45) is 0.810. The zero-order valence-corrected chi connectivity index (χ0v) is 11.4. The molecule has 1 heterocycles. The second-order valence-electron chi connectivity index (χ2n) is 4.63. The Morgan fingerprint density at radius 2 is 1.90 bits per heavy atom. The standard InChI is InChI=1S/C15H13ClFN3/c16-11-3-1-10(2-4-11)7-8-20-14-6-5-12(17)9-13(14)19-15(20)18/h1-6,9H,7-8H2,(H2,18,19). The van der Waals surface area contributed by atoms with Crippen LogP contribution in [0.4, 0.5) is 10.3 Å². The highest BCUT2D eigenvalue weighted by molar-refractivity contribution is 6.30. The zero-order valence-electron chi connectivity index (χ0n) is 10.7. The first-order valence-electron chi connectivity index (χ1n) is 6.29. The Morgan fingerprint density at radius 1 is 1.15 bits per heavy atom. The lowest BCUT2D eigenvalue weighted by molar-refractivity contribution is 0.629. The van der Waals surface area contributed by atoms with Gasteiger partial charge in [-0.15, -0.1) is 0 Å². The summed E-state index contributed by atoms with van der Waals surface area (Å²) in [6.45, 7) is 0.690. The number of imidazole rings is 1. The van der Waals surface area contributed by atoms with Crippen molar-refractivity contribution < 1.29 is 4.39 Å². The second kappa shape index (κ2) is 5.13. The molecule has 20 heavy (non-hydrogen) atoms. The van der Waals surface area contributed by atoms with E-state index < -0.39 is 0 Å². The Morgan fingerprint density at radius 3 is 2.65 bits per heavy atom. The van der Waals surface area contributed by atoms with Crippen LogP contribution in [0, 0.1) is 5.82 Å². The average Bonchev–Trinajstić information content (AvgIpc) is 2.73. The Balaban J connectivity index is 1.87. The highest BCUT2D eigenvalue weighted by Gasteiger charge is 2.08. The first-order chi connectivity index (χ1) is 9.63. The Labute approximate surface area is 120 Å². The molecule has 0 saturated carbocycles. The quantitative estimate of drug-likeness (QED) is 0.800. The fraction of sp³-hybridized carbons (Fsp3) is 0.133. The van der Waals surface area contributed by atoms with Gasteiger partial charge in [0.05, 0.1) is 11.0 Å². The molecule has 2 aromatic carbocycles. The molecule has 3 nitrogen and oxygen atoms in total. The number of benzene rings is 2. The van der Waals surface area contributed by atoms with Gasteiger partial charge in [-0.1, -0.05) is 23.7 Å². The molecule has 0 fully saturated rings. The molecule has 0 saturated heterocycles. The van der Waals surface area contributed by atoms with E-state index in [9.17, 15) is 4.39 Å². The average molecular weight is 290 g/mol. The molecule has 2 N–H and O–H groups in total. The molecule has 0 atom stereocenters. The van der Waals surface area contributed by atoms with Gasteiger partial charge in [0, 0.05) is 17.6 Å². The van der Waals surface area contributed by atoms with Gasteiger partial charge in [-0.05, 0) is 36.2 Å². The van der Waals surface area contributed by atoms with Gasteiger partial charge in [-0.25, -0.2) is 9.37 Å². The molecule has 0 radical (unpaired) electrons. The number of fused-ring (bicyclic) bond motifs is 1. The van der Waals surface area contributed by atoms with Crippen LogP contribution in [-0.2, 0) is 13.0 Å². The van der Waals surface area contributed by atoms with Crippen LogP contribution >= 0.6 is 11.6 Å². The lowest BCUT2D eigenvalue weighted by Gasteiger charge is -2.06. The van der Waals surface area contributed by atoms with Crippen LogP contribution in [0.1, 0.15) is 5.56 Å². The largest absolute Gasteiger partial charge is 0.369 e. The summed E-state index contributed by atoms with van der Waals surface area (Å²) in [4.78, 5) is 4.18. The van der Waals surface area contributed by atoms with E-state index in [1.54, 1.807) is 6.07 Å². The van der Waals surface area contributed by atoms with Crippen LogP contribution in [0.3, 0.4) is 0 Å². The SMILES string of the molecule is Nc1nc2cc(F)ccc2n1CCc1ccc(Cl)cc1. The Bertz CT molecular complexity index is 750. The molecule has 3 rings (SSSR count). The first kappa shape index (κ1) is 12.9. The van der Waals surface area contributed by atoms with E-state index in [4.69, 9.17) is 17.3 Å². The monoisotopic (exact) mass is 289 g/mol. The van der Waals surface area contributed by atoms with E-state index in [1.165, 1.54) is 12.1 Å². The van der Waals surface area contributed by atoms with Gasteiger partial charge in [0.1, 0.15) is 5.82 Å². The van der Waals surface area contributed by atoms with Crippen LogP contribution in [0.2, 0.25) is 5.02 Å². The maximum atomic E-state index is 13.2. The number of aryl methyl sites for hydroxylation is 2. The van der Waals surface area contributed by atoms with Crippen molar-refractivity contribution in [1.29, 1.82) is 0 Å². The van der Waals surface area contributed by atoms with E-state index in [-0.39, 0.29) is 5.82 Å². The molecule has 102 valence electrons. The van der Waals surface area contributed by atoms with Crippen molar-refractivity contribution in [3.8, 4) is 0 Å². The second-order valence-corrected chi connectivity index (χ2v) is 5.07. The summed E-state index contributed by atoms with van der Waals surface area (Å²) in [5, 5.41) is 0.719. The molecule has 3 aromatic rings. The van der Waals surface area contributed by atoms with E-state index in [0.717, 1.165) is 22.5 Å². The molecular weight excluding hydrogens is 277 g/mol. The number of hydrogen-bond donors (Lipinski definition) is 1. The fourth-order valence-electron chi connectivity index (χ4n) is 2.25. The number of nitrogens with two attached hydrogens (primary N) is 1. The first-order valence-corrected chi connectivity index (χ1v) is 6.67. The summed E-state index contributed by atoms with van der Waals surface area (Å²) in [5.74, 6) is 0.0967. The number of halogens is 2. The van der Waals surface area contributed by atoms with Gasteiger partial charge in [0.15, 0.2) is 0 Å². The predicted octanol–water partition coefficient (Wildman–Crippen LogP) is 3.65. The third-order valence-electron chi connectivity index (χ3n) is 3.28. The molecule has 0 spiro atoms. The molecule has 0 aliphatic rings. The number of nitrogen functional groups attached to an aromatic ring is 1. The van der Waals surface area contributed by atoms with E-state index >= 15 is 0 Å². The minimum absolute atomic E-state index is 0.306. The van der Waals surface area contributed by atoms with Crippen molar-refractivity contribution in [3.63, 3.8) is 0 Å². The van der Waals surface area contributed by atoms with Gasteiger partial charge in [0.2, 0.25) is 5.95 Å². The van der Waals surface area contributed by atoms with Crippen molar-refractivity contribution in [3.05, 3.63) is 58.9 Å². The van der Waals surface area contributed by atoms with Gasteiger partial charge in [-0.2, -0.15) is 0 Å². The maximum Gasteiger partial charge on any atom is 0.201 e. The molecule has 5 heteroatoms. The lowest BCUT2D eigenvalue weighted by Crippen LogP contribution is -2.05. The van der Waals surface area contributed by atoms with Gasteiger partial charge < -0.3 is 10.3 Å². The number of anilines is 1. The Kier molecular flexibility index (Phi) is 3.32. The Hall–Kier alpha value is -2.07. The number of rotatable bonds is 3. The smallest absolute Gasteiger partial charge is 0.201 e. The van der Waals surface area contributed by atoms with Gasteiger partial charge >= 0.3 is 0 Å². The molecule has 1 aromatic heterocycles. The molecule has 0 aliphatic carbocycles. The summed E-state index contributed by atoms with van der Waals surface area (Å²) >= 11 is 5.86. The summed E-state index contributed by atoms with van der Waals surface area (Å²) in [7, 11) is 0. The third kappa shape index (κ3) is 2.47. The van der Waals surface area contributed by atoms with Crippen LogP contribution in [0.5, 0.6) is 0 Å². The third-order valence-corrected chi connectivity index (χ3v) is 3.53. The minimum Gasteiger partial charge on any atom is -0.369 e. The topological polar surface area (TPSA) is 43.8 Å². The number of nitrogens with zero attached hydrogens (tertiary/aromatic N) is 2. The molecular formula is C15H13ClFN3. The molecule has 0 amide bonds. The normalized spacial score (nSPS) is 11.1. The minimum atomic E-state index is -0.306. The number of aromatic nitrogens is 2. The molecule has 0 unspecified atom stereocenters. The summed E-state index contributed by atoms with van der Waals surface area (Å²) < 4.78 is 15.1. The van der Waals surface area contributed by atoms with Crippen molar-refractivity contribution in [2.45, 2.75) is 13.0 Å². The summed E-state index contributed by atoms with van der Waals surface area (Å²) in [5.41, 5.74) is 8.49. The highest BCUT2D eigenvalue weighted by Crippen LogP contribution is 2.20. The van der Waals surface area contributed by atoms with Crippen molar-refractivity contribution >= 4 is 28.6 Å². The number of hydrogen-bond acceptors (Lipinski definition) is 2. The maximum absolute atomic E-state index is 13.2. The van der Waals surface area contributed by atoms with Crippen LogP contribution in [0.15, 0.2) is 42.5 Å². The highest BCUT2D eigenvalue weighted by atomic mass is 35.5. The summed E-state index contributed by atoms with van der Waals surface area (Å²) in [6, 6.07) is 12.2. The predicted molar refractivity (Wildman–Crippen MR) is 79.3 cm³/mol. The van der Waals surface area contributed by atoms with Crippen molar-refractivity contribution in [1.82, 2.24) is 9.55 Å². The van der Waals surface area contributed by atoms with Crippen LogP contribution < -0.4 is 5.73 Å². The van der Waals surface area contributed by atoms with E-state index in [1.807, 2.05) is 28.8 Å². The van der Waals surface area contributed by atoms with Crippen LogP contribution in [0.25, 0.3) is 11.0 Å². The fourth-order valence-corrected chi connectivity index (χ4v) is 2.37. The van der Waals surface area contributed by atoms with E-state index in [0.29, 0.717) is 18.0 Å². The lowest BCUT2D eigenvalue weighted by atomic mass is 10.1. The van der Waals surface area contributed by atoms with E-state index in [2.05, 4.69) is 4.98 Å². The van der Waals surface area contributed by atoms with Crippen LogP contribution in [-0.4, -0.2) is 9.55 Å². The molecule has 0 aliphatic heterocycles. The van der Waals surface area contributed by atoms with Gasteiger partial charge in [-0.3, -0.25) is 0 Å². The zero-order chi connectivity index (χ0) is 14.1.